The third-order valence-electron chi connectivity index (χ3n) is 4.77. The van der Waals surface area contributed by atoms with Crippen LogP contribution in [0.15, 0.2) is 42.0 Å². The molecule has 0 radical (unpaired) electrons. The third kappa shape index (κ3) is 4.76. The summed E-state index contributed by atoms with van der Waals surface area (Å²) in [6, 6.07) is 9.77. The van der Waals surface area contributed by atoms with E-state index in [2.05, 4.69) is 41.5 Å². The number of hydrogen-bond acceptors (Lipinski definition) is 9. The number of hydrogen-bond donors (Lipinski definition) is 2. The third-order valence-corrected chi connectivity index (χ3v) is 5.53. The van der Waals surface area contributed by atoms with Crippen LogP contribution in [0, 0.1) is 11.3 Å². The molecule has 0 spiro atoms. The van der Waals surface area contributed by atoms with Crippen molar-refractivity contribution in [2.24, 2.45) is 0 Å². The van der Waals surface area contributed by atoms with Crippen LogP contribution in [0.3, 0.4) is 0 Å². The highest BCUT2D eigenvalue weighted by Crippen LogP contribution is 2.30. The molecule has 1 saturated heterocycles. The maximum absolute atomic E-state index is 12.3. The van der Waals surface area contributed by atoms with E-state index in [-0.39, 0.29) is 11.9 Å². The average molecular weight is 421 g/mol. The molecular formula is C20H20N8OS. The summed E-state index contributed by atoms with van der Waals surface area (Å²) in [7, 11) is 0. The predicted octanol–water partition coefficient (Wildman–Crippen LogP) is 2.66. The van der Waals surface area contributed by atoms with Gasteiger partial charge in [0.2, 0.25) is 5.95 Å². The summed E-state index contributed by atoms with van der Waals surface area (Å²) < 4.78 is 0. The lowest BCUT2D eigenvalue weighted by molar-refractivity contribution is 0.0946. The van der Waals surface area contributed by atoms with E-state index in [0.29, 0.717) is 29.9 Å². The molecule has 1 aliphatic rings. The van der Waals surface area contributed by atoms with Gasteiger partial charge < -0.3 is 10.6 Å². The molecule has 4 heterocycles. The first-order chi connectivity index (χ1) is 14.7. The highest BCUT2D eigenvalue weighted by molar-refractivity contribution is 7.14. The van der Waals surface area contributed by atoms with Gasteiger partial charge in [-0.2, -0.15) is 5.26 Å². The molecule has 1 aliphatic heterocycles. The van der Waals surface area contributed by atoms with Crippen molar-refractivity contribution in [1.29, 1.82) is 5.26 Å². The number of carbonyl (C=O) groups excluding carboxylic acids is 1. The normalized spacial score (nSPS) is 16.2. The Morgan fingerprint density at radius 2 is 2.20 bits per heavy atom. The van der Waals surface area contributed by atoms with Crippen molar-refractivity contribution in [3.05, 3.63) is 59.1 Å². The molecule has 1 fully saturated rings. The molecule has 152 valence electrons. The minimum Gasteiger partial charge on any atom is -0.345 e. The van der Waals surface area contributed by atoms with Gasteiger partial charge in [-0.3, -0.25) is 14.7 Å². The maximum Gasteiger partial charge on any atom is 0.271 e. The van der Waals surface area contributed by atoms with Crippen molar-refractivity contribution in [1.82, 2.24) is 30.2 Å². The van der Waals surface area contributed by atoms with Crippen LogP contribution in [0.2, 0.25) is 0 Å². The fourth-order valence-electron chi connectivity index (χ4n) is 3.35. The van der Waals surface area contributed by atoms with Crippen LogP contribution in [-0.2, 0) is 6.54 Å². The van der Waals surface area contributed by atoms with E-state index in [0.717, 1.165) is 30.8 Å². The van der Waals surface area contributed by atoms with Crippen LogP contribution in [0.4, 0.5) is 11.1 Å². The molecule has 3 aromatic rings. The fraction of sp³-hybridized carbons (Fsp3) is 0.300. The number of nitrogens with zero attached hydrogens (tertiary/aromatic N) is 6. The smallest absolute Gasteiger partial charge is 0.271 e. The van der Waals surface area contributed by atoms with Crippen molar-refractivity contribution >= 4 is 28.3 Å². The summed E-state index contributed by atoms with van der Waals surface area (Å²) in [6.45, 7) is 1.63. The molecule has 30 heavy (non-hydrogen) atoms. The van der Waals surface area contributed by atoms with Gasteiger partial charge in [0.25, 0.3) is 5.91 Å². The molecule has 2 N–H and O–H groups in total. The van der Waals surface area contributed by atoms with Gasteiger partial charge in [-0.15, -0.1) is 11.3 Å². The number of aromatic nitrogens is 4. The summed E-state index contributed by atoms with van der Waals surface area (Å²) in [5.74, 6) is 0.156. The molecule has 1 amide bonds. The van der Waals surface area contributed by atoms with Crippen LogP contribution in [0.1, 0.15) is 40.8 Å². The fourth-order valence-corrected chi connectivity index (χ4v) is 4.04. The van der Waals surface area contributed by atoms with Gasteiger partial charge in [-0.05, 0) is 37.6 Å². The molecule has 1 atom stereocenters. The lowest BCUT2D eigenvalue weighted by Gasteiger charge is -2.21. The van der Waals surface area contributed by atoms with E-state index in [1.807, 2.05) is 24.3 Å². The second-order valence-corrected chi connectivity index (χ2v) is 7.62. The van der Waals surface area contributed by atoms with Crippen molar-refractivity contribution in [3.63, 3.8) is 0 Å². The zero-order chi connectivity index (χ0) is 20.8. The van der Waals surface area contributed by atoms with Crippen LogP contribution in [-0.4, -0.2) is 43.8 Å². The van der Waals surface area contributed by atoms with Crippen molar-refractivity contribution in [3.8, 4) is 6.07 Å². The van der Waals surface area contributed by atoms with Gasteiger partial charge in [0.15, 0.2) is 5.13 Å². The SMILES string of the molecule is N#CCN1CCC[C@H]1c1ccnc(Nc2nc(C(=O)NCc3ccccn3)cs2)n1. The van der Waals surface area contributed by atoms with Gasteiger partial charge in [0.05, 0.1) is 36.6 Å². The molecule has 3 aromatic heterocycles. The van der Waals surface area contributed by atoms with Crippen LogP contribution in [0.5, 0.6) is 0 Å². The number of rotatable bonds is 7. The van der Waals surface area contributed by atoms with Crippen molar-refractivity contribution in [2.75, 3.05) is 18.4 Å². The van der Waals surface area contributed by atoms with Crippen molar-refractivity contribution < 1.29 is 4.79 Å². The minimum absolute atomic E-state index is 0.123. The zero-order valence-corrected chi connectivity index (χ0v) is 17.0. The Hall–Kier alpha value is -3.42. The van der Waals surface area contributed by atoms with Gasteiger partial charge >= 0.3 is 0 Å². The molecule has 0 bridgehead atoms. The lowest BCUT2D eigenvalue weighted by Crippen LogP contribution is -2.24. The van der Waals surface area contributed by atoms with E-state index in [1.54, 1.807) is 17.8 Å². The summed E-state index contributed by atoms with van der Waals surface area (Å²) >= 11 is 1.31. The number of pyridine rings is 1. The highest BCUT2D eigenvalue weighted by Gasteiger charge is 2.27. The molecule has 0 unspecified atom stereocenters. The summed E-state index contributed by atoms with van der Waals surface area (Å²) in [6.07, 6.45) is 5.39. The molecule has 10 heteroatoms. The minimum atomic E-state index is -0.266. The predicted molar refractivity (Wildman–Crippen MR) is 112 cm³/mol. The summed E-state index contributed by atoms with van der Waals surface area (Å²) in [5, 5.41) is 17.1. The average Bonchev–Trinajstić information content (AvgIpc) is 3.43. The Bertz CT molecular complexity index is 1050. The van der Waals surface area contributed by atoms with Crippen LogP contribution < -0.4 is 10.6 Å². The van der Waals surface area contributed by atoms with E-state index >= 15 is 0 Å². The van der Waals surface area contributed by atoms with Gasteiger partial charge in [-0.1, -0.05) is 6.07 Å². The molecule has 0 aromatic carbocycles. The number of nitrogens with one attached hydrogen (secondary N) is 2. The number of thiazole rings is 1. The Labute approximate surface area is 177 Å². The first kappa shape index (κ1) is 19.9. The second-order valence-electron chi connectivity index (χ2n) is 6.76. The lowest BCUT2D eigenvalue weighted by atomic mass is 10.1. The largest absolute Gasteiger partial charge is 0.345 e. The monoisotopic (exact) mass is 420 g/mol. The van der Waals surface area contributed by atoms with E-state index in [1.165, 1.54) is 11.3 Å². The Morgan fingerprint density at radius 3 is 3.03 bits per heavy atom. The summed E-state index contributed by atoms with van der Waals surface area (Å²) in [4.78, 5) is 31.8. The molecule has 9 nitrogen and oxygen atoms in total. The van der Waals surface area contributed by atoms with Crippen LogP contribution in [0.25, 0.3) is 0 Å². The Morgan fingerprint density at radius 1 is 1.27 bits per heavy atom. The first-order valence-electron chi connectivity index (χ1n) is 9.57. The maximum atomic E-state index is 12.3. The first-order valence-corrected chi connectivity index (χ1v) is 10.5. The molecule has 0 saturated carbocycles. The number of carbonyl (C=O) groups is 1. The highest BCUT2D eigenvalue weighted by atomic mass is 32.1. The summed E-state index contributed by atoms with van der Waals surface area (Å²) in [5.41, 5.74) is 1.98. The number of nitriles is 1. The molecule has 4 rings (SSSR count). The topological polar surface area (TPSA) is 120 Å². The van der Waals surface area contributed by atoms with Crippen molar-refractivity contribution in [2.45, 2.75) is 25.4 Å². The molecule has 0 aliphatic carbocycles. The van der Waals surface area contributed by atoms with Gasteiger partial charge in [-0.25, -0.2) is 15.0 Å². The Balaban J connectivity index is 1.39. The molecular weight excluding hydrogens is 400 g/mol. The zero-order valence-electron chi connectivity index (χ0n) is 16.2. The number of amides is 1. The van der Waals surface area contributed by atoms with E-state index in [4.69, 9.17) is 5.26 Å². The number of anilines is 2. The standard InChI is InChI=1S/C20H20N8OS/c21-7-11-28-10-3-5-17(28)15-6-9-23-19(25-15)27-20-26-16(13-30-20)18(29)24-12-14-4-1-2-8-22-14/h1-2,4,6,8-9,13,17H,3,5,10-12H2,(H,24,29)(H,23,25,26,27)/t17-/m0/s1. The number of likely N-dealkylation sites (tertiary alicyclic amines) is 1. The second kappa shape index (κ2) is 9.39. The Kier molecular flexibility index (Phi) is 6.22. The van der Waals surface area contributed by atoms with Crippen LogP contribution >= 0.6 is 11.3 Å². The van der Waals surface area contributed by atoms with Gasteiger partial charge in [0.1, 0.15) is 5.69 Å². The quantitative estimate of drug-likeness (QED) is 0.560. The van der Waals surface area contributed by atoms with E-state index in [9.17, 15) is 4.79 Å². The van der Waals surface area contributed by atoms with Gasteiger partial charge in [0, 0.05) is 17.8 Å². The van der Waals surface area contributed by atoms with E-state index < -0.39 is 0 Å².